The van der Waals surface area contributed by atoms with Gasteiger partial charge in [0.15, 0.2) is 0 Å². The van der Waals surface area contributed by atoms with Crippen molar-refractivity contribution in [1.29, 1.82) is 0 Å². The molecule has 0 spiro atoms. The number of halogens is 1. The van der Waals surface area contributed by atoms with Gasteiger partial charge in [-0.2, -0.15) is 5.48 Å². The zero-order chi connectivity index (χ0) is 12.8. The van der Waals surface area contributed by atoms with Crippen LogP contribution in [0.25, 0.3) is 0 Å². The highest BCUT2D eigenvalue weighted by molar-refractivity contribution is 5.27. The van der Waals surface area contributed by atoms with Crippen molar-refractivity contribution in [3.8, 4) is 5.75 Å². The molecule has 3 nitrogen and oxygen atoms in total. The van der Waals surface area contributed by atoms with Crippen molar-refractivity contribution in [2.24, 2.45) is 0 Å². The van der Waals surface area contributed by atoms with E-state index in [1.807, 2.05) is 30.3 Å². The number of rotatable bonds is 5. The van der Waals surface area contributed by atoms with E-state index in [1.165, 1.54) is 12.1 Å². The predicted octanol–water partition coefficient (Wildman–Crippen LogP) is 2.75. The lowest BCUT2D eigenvalue weighted by Crippen LogP contribution is -2.14. The fourth-order valence-electron chi connectivity index (χ4n) is 1.52. The summed E-state index contributed by atoms with van der Waals surface area (Å²) in [6, 6.07) is 13.7. The van der Waals surface area contributed by atoms with Gasteiger partial charge in [-0.25, -0.2) is 4.39 Å². The molecular weight excluding hydrogens is 233 g/mol. The van der Waals surface area contributed by atoms with Crippen LogP contribution in [-0.4, -0.2) is 5.11 Å². The number of benzene rings is 2. The maximum absolute atomic E-state index is 13.3. The summed E-state index contributed by atoms with van der Waals surface area (Å²) < 4.78 is 13.3. The number of nitrogens with one attached hydrogen (secondary N) is 1. The molecule has 0 bridgehead atoms. The Hall–Kier alpha value is -1.91. The van der Waals surface area contributed by atoms with Gasteiger partial charge in [0.05, 0.1) is 6.61 Å². The van der Waals surface area contributed by atoms with Gasteiger partial charge >= 0.3 is 0 Å². The van der Waals surface area contributed by atoms with E-state index >= 15 is 0 Å². The lowest BCUT2D eigenvalue weighted by Gasteiger charge is -2.07. The average Bonchev–Trinajstić information content (AvgIpc) is 2.38. The molecule has 0 amide bonds. The first-order valence-corrected chi connectivity index (χ1v) is 5.61. The third-order valence-corrected chi connectivity index (χ3v) is 2.48. The molecule has 2 aromatic rings. The van der Waals surface area contributed by atoms with Crippen LogP contribution >= 0.6 is 0 Å². The van der Waals surface area contributed by atoms with Gasteiger partial charge in [-0.15, -0.1) is 0 Å². The monoisotopic (exact) mass is 247 g/mol. The molecule has 0 aliphatic rings. The van der Waals surface area contributed by atoms with E-state index in [9.17, 15) is 4.39 Å². The standard InChI is InChI=1S/C14H14FNO2/c15-14-8-13(17)7-6-12(14)9-16-18-10-11-4-2-1-3-5-11/h1-8,16-17H,9-10H2. The molecule has 0 atom stereocenters. The van der Waals surface area contributed by atoms with Crippen LogP contribution in [0.1, 0.15) is 11.1 Å². The Morgan fingerprint density at radius 3 is 2.61 bits per heavy atom. The van der Waals surface area contributed by atoms with E-state index in [1.54, 1.807) is 0 Å². The van der Waals surface area contributed by atoms with Crippen LogP contribution in [-0.2, 0) is 18.0 Å². The first-order valence-electron chi connectivity index (χ1n) is 5.61. The number of hydrogen-bond acceptors (Lipinski definition) is 3. The third kappa shape index (κ3) is 3.55. The smallest absolute Gasteiger partial charge is 0.131 e. The molecule has 2 N–H and O–H groups in total. The highest BCUT2D eigenvalue weighted by atomic mass is 19.1. The molecule has 0 radical (unpaired) electrons. The fourth-order valence-corrected chi connectivity index (χ4v) is 1.52. The van der Waals surface area contributed by atoms with Crippen molar-refractivity contribution in [3.63, 3.8) is 0 Å². The summed E-state index contributed by atoms with van der Waals surface area (Å²) in [6.07, 6.45) is 0. The maximum Gasteiger partial charge on any atom is 0.131 e. The summed E-state index contributed by atoms with van der Waals surface area (Å²) in [5, 5.41) is 9.07. The molecule has 4 heteroatoms. The second-order valence-corrected chi connectivity index (χ2v) is 3.87. The van der Waals surface area contributed by atoms with Crippen LogP contribution < -0.4 is 5.48 Å². The third-order valence-electron chi connectivity index (χ3n) is 2.48. The Morgan fingerprint density at radius 1 is 1.11 bits per heavy atom. The van der Waals surface area contributed by atoms with Gasteiger partial charge in [-0.3, -0.25) is 4.84 Å². The Kier molecular flexibility index (Phi) is 4.28. The predicted molar refractivity (Wildman–Crippen MR) is 66.1 cm³/mol. The summed E-state index contributed by atoms with van der Waals surface area (Å²) in [6.45, 7) is 0.666. The lowest BCUT2D eigenvalue weighted by molar-refractivity contribution is 0.0229. The van der Waals surface area contributed by atoms with E-state index in [0.29, 0.717) is 12.2 Å². The topological polar surface area (TPSA) is 41.5 Å². The van der Waals surface area contributed by atoms with Gasteiger partial charge in [0.1, 0.15) is 11.6 Å². The summed E-state index contributed by atoms with van der Waals surface area (Å²) in [7, 11) is 0. The Balaban J connectivity index is 1.79. The second kappa shape index (κ2) is 6.14. The Labute approximate surface area is 105 Å². The number of aromatic hydroxyl groups is 1. The van der Waals surface area contributed by atoms with Crippen LogP contribution in [0.2, 0.25) is 0 Å². The van der Waals surface area contributed by atoms with E-state index in [4.69, 9.17) is 9.94 Å². The van der Waals surface area contributed by atoms with Crippen LogP contribution in [0.15, 0.2) is 48.5 Å². The minimum atomic E-state index is -0.453. The minimum Gasteiger partial charge on any atom is -0.508 e. The zero-order valence-corrected chi connectivity index (χ0v) is 9.77. The first-order chi connectivity index (χ1) is 8.75. The molecule has 0 unspecified atom stereocenters. The molecule has 2 rings (SSSR count). The van der Waals surface area contributed by atoms with Crippen molar-refractivity contribution in [2.75, 3.05) is 0 Å². The van der Waals surface area contributed by atoms with Crippen LogP contribution in [0.4, 0.5) is 4.39 Å². The SMILES string of the molecule is Oc1ccc(CNOCc2ccccc2)c(F)c1. The van der Waals surface area contributed by atoms with Crippen molar-refractivity contribution in [3.05, 3.63) is 65.5 Å². The van der Waals surface area contributed by atoms with E-state index in [-0.39, 0.29) is 12.3 Å². The summed E-state index contributed by atoms with van der Waals surface area (Å²) in [5.41, 5.74) is 4.17. The summed E-state index contributed by atoms with van der Waals surface area (Å²) >= 11 is 0. The molecule has 18 heavy (non-hydrogen) atoms. The zero-order valence-electron chi connectivity index (χ0n) is 9.77. The molecule has 0 aliphatic heterocycles. The van der Waals surface area contributed by atoms with Gasteiger partial charge in [-0.1, -0.05) is 36.4 Å². The molecule has 0 aliphatic carbocycles. The molecule has 0 aromatic heterocycles. The average molecular weight is 247 g/mol. The molecule has 0 saturated heterocycles. The highest BCUT2D eigenvalue weighted by Crippen LogP contribution is 2.14. The maximum atomic E-state index is 13.3. The van der Waals surface area contributed by atoms with Crippen LogP contribution in [0.3, 0.4) is 0 Å². The Morgan fingerprint density at radius 2 is 1.89 bits per heavy atom. The number of phenolic OH excluding ortho intramolecular Hbond substituents is 1. The van der Waals surface area contributed by atoms with Gasteiger partial charge in [-0.05, 0) is 11.6 Å². The van der Waals surface area contributed by atoms with Gasteiger partial charge in [0, 0.05) is 18.2 Å². The van der Waals surface area contributed by atoms with E-state index in [0.717, 1.165) is 11.6 Å². The molecule has 0 fully saturated rings. The highest BCUT2D eigenvalue weighted by Gasteiger charge is 2.02. The van der Waals surface area contributed by atoms with Gasteiger partial charge in [0.2, 0.25) is 0 Å². The molecule has 2 aromatic carbocycles. The molecular formula is C14H14FNO2. The number of phenols is 1. The number of hydroxylamine groups is 1. The lowest BCUT2D eigenvalue weighted by atomic mass is 10.2. The quantitative estimate of drug-likeness (QED) is 0.630. The van der Waals surface area contributed by atoms with Crippen LogP contribution in [0.5, 0.6) is 5.75 Å². The fraction of sp³-hybridized carbons (Fsp3) is 0.143. The molecule has 0 heterocycles. The van der Waals surface area contributed by atoms with Crippen molar-refractivity contribution in [2.45, 2.75) is 13.2 Å². The molecule has 94 valence electrons. The number of hydrogen-bond donors (Lipinski definition) is 2. The second-order valence-electron chi connectivity index (χ2n) is 3.87. The van der Waals surface area contributed by atoms with E-state index in [2.05, 4.69) is 5.48 Å². The van der Waals surface area contributed by atoms with Crippen LogP contribution in [0, 0.1) is 5.82 Å². The normalized spacial score (nSPS) is 10.5. The minimum absolute atomic E-state index is 0.0820. The van der Waals surface area contributed by atoms with Gasteiger partial charge < -0.3 is 5.11 Å². The summed E-state index contributed by atoms with van der Waals surface area (Å²) in [4.78, 5) is 5.23. The van der Waals surface area contributed by atoms with Crippen molar-refractivity contribution >= 4 is 0 Å². The largest absolute Gasteiger partial charge is 0.508 e. The van der Waals surface area contributed by atoms with E-state index < -0.39 is 5.82 Å². The molecule has 0 saturated carbocycles. The first kappa shape index (κ1) is 12.5. The van der Waals surface area contributed by atoms with Crippen molar-refractivity contribution < 1.29 is 14.3 Å². The summed E-state index contributed by atoms with van der Waals surface area (Å²) in [5.74, 6) is -0.535. The van der Waals surface area contributed by atoms with Crippen molar-refractivity contribution in [1.82, 2.24) is 5.48 Å². The van der Waals surface area contributed by atoms with Gasteiger partial charge in [0.25, 0.3) is 0 Å². The Bertz CT molecular complexity index is 502.